The molecule has 1 aliphatic rings. The predicted octanol–water partition coefficient (Wildman–Crippen LogP) is -0.287. The van der Waals surface area contributed by atoms with Gasteiger partial charge in [0.25, 0.3) is 0 Å². The molecule has 0 amide bonds. The highest BCUT2D eigenvalue weighted by atomic mass is 16.5. The van der Waals surface area contributed by atoms with Gasteiger partial charge in [0.05, 0.1) is 18.3 Å². The maximum Gasteiger partial charge on any atom is 0.0971 e. The molecule has 78 valence electrons. The monoisotopic (exact) mass is 189 g/mol. The van der Waals surface area contributed by atoms with E-state index in [4.69, 9.17) is 9.47 Å². The summed E-state index contributed by atoms with van der Waals surface area (Å²) < 4.78 is 10.6. The van der Waals surface area contributed by atoms with Crippen LogP contribution in [0.3, 0.4) is 0 Å². The summed E-state index contributed by atoms with van der Waals surface area (Å²) in [6.45, 7) is 4.18. The number of rotatable bonds is 4. The highest BCUT2D eigenvalue weighted by Gasteiger charge is 2.32. The molecule has 1 rings (SSSR count). The van der Waals surface area contributed by atoms with Crippen LogP contribution in [0.2, 0.25) is 0 Å². The zero-order valence-electron chi connectivity index (χ0n) is 8.56. The van der Waals surface area contributed by atoms with Crippen molar-refractivity contribution in [1.29, 1.82) is 0 Å². The Bertz CT molecular complexity index is 140. The number of β-amino-alcohol motifs (C(OH)–C–C–N with tert-alkyl or cyclic N) is 1. The summed E-state index contributed by atoms with van der Waals surface area (Å²) in [4.78, 5) is 2.16. The summed E-state index contributed by atoms with van der Waals surface area (Å²) >= 11 is 0. The smallest absolute Gasteiger partial charge is 0.0971 e. The minimum absolute atomic E-state index is 0.142. The predicted molar refractivity (Wildman–Crippen MR) is 49.7 cm³/mol. The number of hydrogen-bond donors (Lipinski definition) is 1. The number of methoxy groups -OCH3 is 2. The minimum Gasteiger partial charge on any atom is -0.392 e. The Labute approximate surface area is 79.4 Å². The molecule has 1 aliphatic heterocycles. The van der Waals surface area contributed by atoms with E-state index in [1.807, 2.05) is 0 Å². The van der Waals surface area contributed by atoms with E-state index >= 15 is 0 Å². The summed E-state index contributed by atoms with van der Waals surface area (Å²) in [7, 11) is 3.39. The fourth-order valence-corrected chi connectivity index (χ4v) is 1.79. The van der Waals surface area contributed by atoms with Crippen molar-refractivity contribution < 1.29 is 14.6 Å². The first-order valence-electron chi connectivity index (χ1n) is 4.63. The lowest BCUT2D eigenvalue weighted by Crippen LogP contribution is -2.30. The van der Waals surface area contributed by atoms with Crippen LogP contribution < -0.4 is 0 Å². The molecule has 1 N–H and O–H groups in total. The average Bonchev–Trinajstić information content (AvgIpc) is 2.45. The molecule has 0 aromatic rings. The van der Waals surface area contributed by atoms with Crippen molar-refractivity contribution in [1.82, 2.24) is 4.90 Å². The first kappa shape index (κ1) is 10.9. The molecule has 1 fully saturated rings. The van der Waals surface area contributed by atoms with Gasteiger partial charge in [-0.2, -0.15) is 0 Å². The van der Waals surface area contributed by atoms with Gasteiger partial charge in [-0.25, -0.2) is 0 Å². The summed E-state index contributed by atoms with van der Waals surface area (Å²) in [5, 5.41) is 9.21. The number of aliphatic hydroxyl groups excluding tert-OH is 1. The van der Waals surface area contributed by atoms with Crippen molar-refractivity contribution in [3.63, 3.8) is 0 Å². The van der Waals surface area contributed by atoms with E-state index in [0.29, 0.717) is 6.54 Å². The third kappa shape index (κ3) is 2.91. The van der Waals surface area contributed by atoms with Gasteiger partial charge in [-0.3, -0.25) is 4.90 Å². The molecule has 3 atom stereocenters. The van der Waals surface area contributed by atoms with Crippen molar-refractivity contribution in [3.05, 3.63) is 0 Å². The van der Waals surface area contributed by atoms with Gasteiger partial charge in [0.1, 0.15) is 0 Å². The van der Waals surface area contributed by atoms with Crippen molar-refractivity contribution >= 4 is 0 Å². The van der Waals surface area contributed by atoms with Crippen LogP contribution in [0.4, 0.5) is 0 Å². The zero-order valence-corrected chi connectivity index (χ0v) is 8.56. The molecule has 0 aromatic heterocycles. The highest BCUT2D eigenvalue weighted by molar-refractivity contribution is 4.86. The topological polar surface area (TPSA) is 41.9 Å². The van der Waals surface area contributed by atoms with E-state index in [0.717, 1.165) is 13.1 Å². The molecule has 13 heavy (non-hydrogen) atoms. The van der Waals surface area contributed by atoms with Crippen LogP contribution in [0, 0.1) is 0 Å². The Balaban J connectivity index is 2.38. The van der Waals surface area contributed by atoms with E-state index in [2.05, 4.69) is 4.90 Å². The Kier molecular flexibility index (Phi) is 4.12. The lowest BCUT2D eigenvalue weighted by atomic mass is 10.3. The number of aliphatic hydroxyl groups is 1. The molecule has 2 unspecified atom stereocenters. The first-order chi connectivity index (χ1) is 6.17. The highest BCUT2D eigenvalue weighted by Crippen LogP contribution is 2.15. The maximum atomic E-state index is 9.21. The van der Waals surface area contributed by atoms with Crippen LogP contribution in [0.1, 0.15) is 6.92 Å². The SMILES string of the molecule is COC1CN(C[C@H](C)O)CC1OC. The largest absolute Gasteiger partial charge is 0.392 e. The van der Waals surface area contributed by atoms with Gasteiger partial charge in [-0.1, -0.05) is 0 Å². The summed E-state index contributed by atoms with van der Waals surface area (Å²) in [5.41, 5.74) is 0. The normalized spacial score (nSPS) is 32.3. The number of ether oxygens (including phenoxy) is 2. The molecule has 0 aromatic carbocycles. The molecular weight excluding hydrogens is 170 g/mol. The van der Waals surface area contributed by atoms with E-state index in [-0.39, 0.29) is 18.3 Å². The quantitative estimate of drug-likeness (QED) is 0.660. The molecule has 1 heterocycles. The van der Waals surface area contributed by atoms with E-state index in [1.54, 1.807) is 21.1 Å². The molecule has 0 saturated carbocycles. The molecule has 0 aliphatic carbocycles. The third-order valence-corrected chi connectivity index (χ3v) is 2.42. The van der Waals surface area contributed by atoms with Gasteiger partial charge in [-0.05, 0) is 6.92 Å². The van der Waals surface area contributed by atoms with Crippen molar-refractivity contribution in [2.75, 3.05) is 33.9 Å². The van der Waals surface area contributed by atoms with Gasteiger partial charge in [0.15, 0.2) is 0 Å². The second kappa shape index (κ2) is 4.91. The molecular formula is C9H19NO3. The van der Waals surface area contributed by atoms with Crippen LogP contribution in [0.25, 0.3) is 0 Å². The Hall–Kier alpha value is -0.160. The van der Waals surface area contributed by atoms with Crippen LogP contribution in [0.15, 0.2) is 0 Å². The Morgan fingerprint density at radius 3 is 2.08 bits per heavy atom. The Morgan fingerprint density at radius 1 is 1.31 bits per heavy atom. The van der Waals surface area contributed by atoms with Gasteiger partial charge in [-0.15, -0.1) is 0 Å². The van der Waals surface area contributed by atoms with E-state index < -0.39 is 0 Å². The molecule has 0 spiro atoms. The third-order valence-electron chi connectivity index (χ3n) is 2.42. The fraction of sp³-hybridized carbons (Fsp3) is 1.00. The second-order valence-electron chi connectivity index (χ2n) is 3.62. The fourth-order valence-electron chi connectivity index (χ4n) is 1.79. The average molecular weight is 189 g/mol. The van der Waals surface area contributed by atoms with Crippen LogP contribution in [-0.2, 0) is 9.47 Å². The molecule has 4 nitrogen and oxygen atoms in total. The van der Waals surface area contributed by atoms with Crippen LogP contribution in [0.5, 0.6) is 0 Å². The van der Waals surface area contributed by atoms with Crippen LogP contribution >= 0.6 is 0 Å². The number of hydrogen-bond acceptors (Lipinski definition) is 4. The Morgan fingerprint density at radius 2 is 1.77 bits per heavy atom. The van der Waals surface area contributed by atoms with Crippen molar-refractivity contribution in [2.24, 2.45) is 0 Å². The molecule has 0 radical (unpaired) electrons. The minimum atomic E-state index is -0.284. The van der Waals surface area contributed by atoms with E-state index in [9.17, 15) is 5.11 Å². The van der Waals surface area contributed by atoms with E-state index in [1.165, 1.54) is 0 Å². The number of nitrogens with zero attached hydrogens (tertiary/aromatic N) is 1. The molecule has 1 saturated heterocycles. The van der Waals surface area contributed by atoms with Gasteiger partial charge >= 0.3 is 0 Å². The second-order valence-corrected chi connectivity index (χ2v) is 3.62. The summed E-state index contributed by atoms with van der Waals surface area (Å²) in [5.74, 6) is 0. The molecule has 0 bridgehead atoms. The number of likely N-dealkylation sites (tertiary alicyclic amines) is 1. The lowest BCUT2D eigenvalue weighted by molar-refractivity contribution is -0.00461. The first-order valence-corrected chi connectivity index (χ1v) is 4.63. The molecule has 4 heteroatoms. The van der Waals surface area contributed by atoms with Crippen LogP contribution in [-0.4, -0.2) is 62.2 Å². The van der Waals surface area contributed by atoms with Gasteiger partial charge < -0.3 is 14.6 Å². The lowest BCUT2D eigenvalue weighted by Gasteiger charge is -2.16. The van der Waals surface area contributed by atoms with Crippen molar-refractivity contribution in [2.45, 2.75) is 25.2 Å². The zero-order chi connectivity index (χ0) is 9.84. The van der Waals surface area contributed by atoms with Gasteiger partial charge in [0, 0.05) is 33.9 Å². The van der Waals surface area contributed by atoms with Crippen molar-refractivity contribution in [3.8, 4) is 0 Å². The summed E-state index contributed by atoms with van der Waals surface area (Å²) in [6, 6.07) is 0. The van der Waals surface area contributed by atoms with Gasteiger partial charge in [0.2, 0.25) is 0 Å². The standard InChI is InChI=1S/C9H19NO3/c1-7(11)4-10-5-8(12-2)9(6-10)13-3/h7-9,11H,4-6H2,1-3H3/t7-,8?,9?/m0/s1. The summed E-state index contributed by atoms with van der Waals surface area (Å²) in [6.07, 6.45) is 0.000567. The maximum absolute atomic E-state index is 9.21.